The van der Waals surface area contributed by atoms with Crippen molar-refractivity contribution in [2.75, 3.05) is 5.32 Å². The molecule has 0 aliphatic rings. The van der Waals surface area contributed by atoms with E-state index in [1.807, 2.05) is 30.3 Å². The Balaban J connectivity index is 1.36. The summed E-state index contributed by atoms with van der Waals surface area (Å²) in [4.78, 5) is 12.8. The number of carbonyl (C=O) groups excluding carboxylic acids is 1. The van der Waals surface area contributed by atoms with Crippen LogP contribution in [-0.2, 0) is 16.3 Å². The number of rotatable bonds is 8. The normalized spacial score (nSPS) is 11.4. The number of ether oxygens (including phenoxy) is 1. The Morgan fingerprint density at radius 1 is 0.912 bits per heavy atom. The van der Waals surface area contributed by atoms with Crippen molar-refractivity contribution in [3.8, 4) is 11.5 Å². The number of anilines is 1. The molecule has 0 aliphatic carbocycles. The summed E-state index contributed by atoms with van der Waals surface area (Å²) in [6.07, 6.45) is 0.302. The lowest BCUT2D eigenvalue weighted by atomic mass is 10.1. The highest BCUT2D eigenvalue weighted by molar-refractivity contribution is 7.92. The van der Waals surface area contributed by atoms with Gasteiger partial charge in [0.1, 0.15) is 11.5 Å². The molecular formula is C25H23N3O5S. The van der Waals surface area contributed by atoms with Crippen molar-refractivity contribution in [1.29, 1.82) is 0 Å². The third kappa shape index (κ3) is 5.49. The molecule has 1 heterocycles. The van der Waals surface area contributed by atoms with Crippen molar-refractivity contribution in [1.82, 2.24) is 10.2 Å². The molecule has 0 fully saturated rings. The second-order valence-electron chi connectivity index (χ2n) is 7.81. The number of sulfone groups is 1. The molecule has 0 radical (unpaired) electrons. The summed E-state index contributed by atoms with van der Waals surface area (Å²) >= 11 is 0. The Morgan fingerprint density at radius 3 is 2.21 bits per heavy atom. The lowest BCUT2D eigenvalue weighted by Gasteiger charge is -2.08. The fraction of sp³-hybridized carbons (Fsp3) is 0.160. The van der Waals surface area contributed by atoms with Crippen LogP contribution in [0.5, 0.6) is 11.5 Å². The SMILES string of the molecule is CC(C)S(=O)(=O)c1ccc(Cc2nnc(NC(=O)c3ccc(Oc4ccccc4)cc3)o2)cc1. The van der Waals surface area contributed by atoms with Gasteiger partial charge < -0.3 is 9.15 Å². The highest BCUT2D eigenvalue weighted by Crippen LogP contribution is 2.22. The third-order valence-electron chi connectivity index (χ3n) is 5.01. The molecule has 0 aliphatic heterocycles. The number of aromatic nitrogens is 2. The van der Waals surface area contributed by atoms with E-state index in [4.69, 9.17) is 9.15 Å². The van der Waals surface area contributed by atoms with Gasteiger partial charge in [0.25, 0.3) is 5.91 Å². The molecule has 0 unspecified atom stereocenters. The zero-order valence-corrected chi connectivity index (χ0v) is 19.5. The fourth-order valence-corrected chi connectivity index (χ4v) is 4.15. The van der Waals surface area contributed by atoms with E-state index >= 15 is 0 Å². The van der Waals surface area contributed by atoms with Gasteiger partial charge in [-0.2, -0.15) is 0 Å². The van der Waals surface area contributed by atoms with Gasteiger partial charge >= 0.3 is 6.01 Å². The molecule has 4 aromatic rings. The van der Waals surface area contributed by atoms with Crippen LogP contribution in [0, 0.1) is 0 Å². The maximum absolute atomic E-state index is 12.5. The number of amides is 1. The Hall–Kier alpha value is -3.98. The van der Waals surface area contributed by atoms with E-state index in [1.54, 1.807) is 62.4 Å². The first-order valence-electron chi connectivity index (χ1n) is 10.6. The minimum atomic E-state index is -3.33. The predicted octanol–water partition coefficient (Wildman–Crippen LogP) is 4.89. The average Bonchev–Trinajstić information content (AvgIpc) is 3.27. The molecule has 3 aromatic carbocycles. The molecule has 1 aromatic heterocycles. The molecule has 0 atom stereocenters. The maximum Gasteiger partial charge on any atom is 0.322 e. The van der Waals surface area contributed by atoms with Crippen molar-refractivity contribution in [2.24, 2.45) is 0 Å². The predicted molar refractivity (Wildman–Crippen MR) is 127 cm³/mol. The summed E-state index contributed by atoms with van der Waals surface area (Å²) in [5.41, 5.74) is 1.21. The number of hydrogen-bond acceptors (Lipinski definition) is 7. The van der Waals surface area contributed by atoms with Gasteiger partial charge in [-0.3, -0.25) is 10.1 Å². The number of benzene rings is 3. The van der Waals surface area contributed by atoms with Gasteiger partial charge in [-0.1, -0.05) is 35.4 Å². The summed E-state index contributed by atoms with van der Waals surface area (Å²) in [7, 11) is -3.33. The summed E-state index contributed by atoms with van der Waals surface area (Å²) in [5, 5.41) is 9.89. The van der Waals surface area contributed by atoms with Crippen molar-refractivity contribution < 1.29 is 22.4 Å². The van der Waals surface area contributed by atoms with Gasteiger partial charge in [0.05, 0.1) is 16.6 Å². The van der Waals surface area contributed by atoms with Gasteiger partial charge in [-0.05, 0) is 67.9 Å². The molecule has 8 nitrogen and oxygen atoms in total. The Labute approximate surface area is 197 Å². The first-order valence-corrected chi connectivity index (χ1v) is 12.2. The minimum Gasteiger partial charge on any atom is -0.457 e. The van der Waals surface area contributed by atoms with E-state index in [1.165, 1.54) is 0 Å². The molecule has 0 spiro atoms. The second-order valence-corrected chi connectivity index (χ2v) is 10.3. The Morgan fingerprint density at radius 2 is 1.56 bits per heavy atom. The topological polar surface area (TPSA) is 111 Å². The number of nitrogens with one attached hydrogen (secondary N) is 1. The second kappa shape index (κ2) is 9.88. The smallest absolute Gasteiger partial charge is 0.322 e. The average molecular weight is 478 g/mol. The van der Waals surface area contributed by atoms with Crippen LogP contribution >= 0.6 is 0 Å². The fourth-order valence-electron chi connectivity index (χ4n) is 3.09. The largest absolute Gasteiger partial charge is 0.457 e. The van der Waals surface area contributed by atoms with Crippen molar-refractivity contribution in [3.63, 3.8) is 0 Å². The minimum absolute atomic E-state index is 0.0244. The van der Waals surface area contributed by atoms with Crippen LogP contribution in [0.1, 0.15) is 35.7 Å². The van der Waals surface area contributed by atoms with E-state index < -0.39 is 21.0 Å². The summed E-state index contributed by atoms with van der Waals surface area (Å²) in [6.45, 7) is 3.29. The van der Waals surface area contributed by atoms with Crippen LogP contribution in [0.2, 0.25) is 0 Å². The molecule has 0 saturated carbocycles. The van der Waals surface area contributed by atoms with Crippen LogP contribution < -0.4 is 10.1 Å². The van der Waals surface area contributed by atoms with E-state index in [-0.39, 0.29) is 10.9 Å². The van der Waals surface area contributed by atoms with Crippen molar-refractivity contribution in [2.45, 2.75) is 30.4 Å². The van der Waals surface area contributed by atoms with Crippen molar-refractivity contribution in [3.05, 3.63) is 95.9 Å². The van der Waals surface area contributed by atoms with Gasteiger partial charge in [-0.15, -0.1) is 5.10 Å². The molecule has 0 bridgehead atoms. The molecule has 1 N–H and O–H groups in total. The van der Waals surface area contributed by atoms with Crippen LogP contribution in [0.4, 0.5) is 6.01 Å². The lowest BCUT2D eigenvalue weighted by Crippen LogP contribution is -2.13. The van der Waals surface area contributed by atoms with Gasteiger partial charge in [0.15, 0.2) is 9.84 Å². The lowest BCUT2D eigenvalue weighted by molar-refractivity contribution is 0.102. The monoisotopic (exact) mass is 477 g/mol. The molecule has 34 heavy (non-hydrogen) atoms. The molecular weight excluding hydrogens is 454 g/mol. The van der Waals surface area contributed by atoms with Gasteiger partial charge in [0, 0.05) is 5.56 Å². The zero-order valence-electron chi connectivity index (χ0n) is 18.6. The molecule has 9 heteroatoms. The van der Waals surface area contributed by atoms with Crippen molar-refractivity contribution >= 4 is 21.8 Å². The highest BCUT2D eigenvalue weighted by atomic mass is 32.2. The van der Waals surface area contributed by atoms with E-state index in [0.717, 1.165) is 5.56 Å². The third-order valence-corrected chi connectivity index (χ3v) is 7.18. The first kappa shape index (κ1) is 23.2. The number of nitrogens with zero attached hydrogens (tertiary/aromatic N) is 2. The number of carbonyl (C=O) groups is 1. The van der Waals surface area contributed by atoms with E-state index in [9.17, 15) is 13.2 Å². The number of para-hydroxylation sites is 1. The van der Waals surface area contributed by atoms with Gasteiger partial charge in [-0.25, -0.2) is 8.42 Å². The maximum atomic E-state index is 12.5. The van der Waals surface area contributed by atoms with E-state index in [0.29, 0.717) is 29.4 Å². The van der Waals surface area contributed by atoms with E-state index in [2.05, 4.69) is 15.5 Å². The molecule has 4 rings (SSSR count). The quantitative estimate of drug-likeness (QED) is 0.385. The first-order chi connectivity index (χ1) is 16.3. The standard InChI is InChI=1S/C25H23N3O5S/c1-17(2)34(30,31)22-14-8-18(9-15-22)16-23-27-28-25(33-23)26-24(29)19-10-12-21(13-11-19)32-20-6-4-3-5-7-20/h3-15,17H,16H2,1-2H3,(H,26,28,29). The van der Waals surface area contributed by atoms with Crippen LogP contribution in [0.3, 0.4) is 0 Å². The summed E-state index contributed by atoms with van der Waals surface area (Å²) in [5.74, 6) is 1.20. The number of hydrogen-bond donors (Lipinski definition) is 1. The van der Waals surface area contributed by atoms with Crippen LogP contribution in [0.25, 0.3) is 0 Å². The van der Waals surface area contributed by atoms with Crippen LogP contribution in [0.15, 0.2) is 88.2 Å². The molecule has 174 valence electrons. The Bertz CT molecular complexity index is 1360. The van der Waals surface area contributed by atoms with Crippen LogP contribution in [-0.4, -0.2) is 29.8 Å². The Kier molecular flexibility index (Phi) is 6.74. The molecule has 0 saturated heterocycles. The zero-order chi connectivity index (χ0) is 24.1. The highest BCUT2D eigenvalue weighted by Gasteiger charge is 2.19. The van der Waals surface area contributed by atoms with Gasteiger partial charge in [0.2, 0.25) is 5.89 Å². The molecule has 1 amide bonds. The summed E-state index contributed by atoms with van der Waals surface area (Å²) in [6, 6.07) is 22.5. The summed E-state index contributed by atoms with van der Waals surface area (Å²) < 4.78 is 35.7.